The van der Waals surface area contributed by atoms with E-state index < -0.39 is 0 Å². The molecule has 0 atom stereocenters. The Morgan fingerprint density at radius 1 is 1.31 bits per heavy atom. The van der Waals surface area contributed by atoms with E-state index in [1.165, 1.54) is 0 Å². The molecule has 0 unspecified atom stereocenters. The number of carbonyl (C=O) groups excluding carboxylic acids is 1. The normalized spacial score (nSPS) is 10.4. The van der Waals surface area contributed by atoms with Gasteiger partial charge in [0.15, 0.2) is 5.78 Å². The molecule has 4 heteroatoms. The summed E-state index contributed by atoms with van der Waals surface area (Å²) < 4.78 is 1.63. The Kier molecular flexibility index (Phi) is 2.48. The van der Waals surface area contributed by atoms with Gasteiger partial charge in [-0.3, -0.25) is 9.48 Å². The maximum Gasteiger partial charge on any atom is 0.198 e. The van der Waals surface area contributed by atoms with E-state index in [0.29, 0.717) is 16.8 Å². The van der Waals surface area contributed by atoms with Crippen LogP contribution in [0.25, 0.3) is 0 Å². The number of nitrogens with two attached hydrogens (primary N) is 1. The molecular formula is C12H13N3O. The third-order valence-electron chi connectivity index (χ3n) is 2.46. The molecule has 0 saturated heterocycles. The highest BCUT2D eigenvalue weighted by Crippen LogP contribution is 2.17. The van der Waals surface area contributed by atoms with Gasteiger partial charge in [-0.05, 0) is 19.1 Å². The lowest BCUT2D eigenvalue weighted by Crippen LogP contribution is -2.05. The Morgan fingerprint density at radius 2 is 2.00 bits per heavy atom. The fraction of sp³-hybridized carbons (Fsp3) is 0.167. The highest BCUT2D eigenvalue weighted by Gasteiger charge is 2.16. The van der Waals surface area contributed by atoms with Crippen molar-refractivity contribution in [2.75, 3.05) is 5.73 Å². The topological polar surface area (TPSA) is 60.9 Å². The number of hydrogen-bond donors (Lipinski definition) is 1. The smallest absolute Gasteiger partial charge is 0.198 e. The minimum atomic E-state index is -0.0799. The first-order chi connectivity index (χ1) is 7.59. The van der Waals surface area contributed by atoms with Crippen LogP contribution in [0.5, 0.6) is 0 Å². The third-order valence-corrected chi connectivity index (χ3v) is 2.46. The van der Waals surface area contributed by atoms with Crippen molar-refractivity contribution in [3.8, 4) is 0 Å². The maximum absolute atomic E-state index is 12.2. The highest BCUT2D eigenvalue weighted by molar-refractivity contribution is 6.12. The fourth-order valence-corrected chi connectivity index (χ4v) is 1.67. The van der Waals surface area contributed by atoms with Gasteiger partial charge in [0.05, 0.1) is 11.3 Å². The summed E-state index contributed by atoms with van der Waals surface area (Å²) in [6, 6.07) is 7.06. The van der Waals surface area contributed by atoms with Gasteiger partial charge < -0.3 is 5.73 Å². The second kappa shape index (κ2) is 3.81. The first-order valence-corrected chi connectivity index (χ1v) is 4.99. The molecule has 2 aromatic rings. The lowest BCUT2D eigenvalue weighted by molar-refractivity contribution is 0.103. The summed E-state index contributed by atoms with van der Waals surface area (Å²) in [5, 5.41) is 4.14. The summed E-state index contributed by atoms with van der Waals surface area (Å²) in [5.41, 5.74) is 8.11. The van der Waals surface area contributed by atoms with Gasteiger partial charge in [0.25, 0.3) is 0 Å². The molecule has 0 aliphatic rings. The maximum atomic E-state index is 12.2. The minimum Gasteiger partial charge on any atom is -0.398 e. The van der Waals surface area contributed by atoms with E-state index in [4.69, 9.17) is 5.73 Å². The monoisotopic (exact) mass is 215 g/mol. The molecule has 0 aliphatic carbocycles. The number of ketones is 1. The van der Waals surface area contributed by atoms with Gasteiger partial charge in [-0.1, -0.05) is 12.1 Å². The van der Waals surface area contributed by atoms with Gasteiger partial charge in [-0.2, -0.15) is 5.10 Å². The zero-order chi connectivity index (χ0) is 11.7. The number of hydrogen-bond acceptors (Lipinski definition) is 3. The molecular weight excluding hydrogens is 202 g/mol. The fourth-order valence-electron chi connectivity index (χ4n) is 1.67. The van der Waals surface area contributed by atoms with Crippen LogP contribution in [0, 0.1) is 6.92 Å². The van der Waals surface area contributed by atoms with Crippen molar-refractivity contribution in [2.24, 2.45) is 7.05 Å². The molecule has 16 heavy (non-hydrogen) atoms. The first-order valence-electron chi connectivity index (χ1n) is 4.99. The zero-order valence-electron chi connectivity index (χ0n) is 9.27. The third kappa shape index (κ3) is 1.69. The first kappa shape index (κ1) is 10.4. The van der Waals surface area contributed by atoms with E-state index in [9.17, 15) is 4.79 Å². The van der Waals surface area contributed by atoms with Crippen molar-refractivity contribution >= 4 is 11.5 Å². The number of anilines is 1. The molecule has 0 amide bonds. The quantitative estimate of drug-likeness (QED) is 0.610. The van der Waals surface area contributed by atoms with Crippen LogP contribution in [0.1, 0.15) is 21.6 Å². The number of aromatic nitrogens is 2. The second-order valence-electron chi connectivity index (χ2n) is 3.72. The Balaban J connectivity index is 2.47. The van der Waals surface area contributed by atoms with Crippen molar-refractivity contribution in [3.05, 3.63) is 47.3 Å². The number of nitrogens with zero attached hydrogens (tertiary/aromatic N) is 2. The molecule has 0 aliphatic heterocycles. The number of rotatable bonds is 2. The highest BCUT2D eigenvalue weighted by atomic mass is 16.1. The Hall–Kier alpha value is -2.10. The van der Waals surface area contributed by atoms with Crippen LogP contribution in [-0.4, -0.2) is 15.6 Å². The van der Waals surface area contributed by atoms with E-state index in [1.54, 1.807) is 36.1 Å². The number of para-hydroxylation sites is 1. The SMILES string of the molecule is Cc1nn(C)cc1C(=O)c1ccccc1N. The molecule has 0 saturated carbocycles. The zero-order valence-corrected chi connectivity index (χ0v) is 9.27. The van der Waals surface area contributed by atoms with Gasteiger partial charge in [-0.15, -0.1) is 0 Å². The van der Waals surface area contributed by atoms with E-state index >= 15 is 0 Å². The van der Waals surface area contributed by atoms with Gasteiger partial charge >= 0.3 is 0 Å². The van der Waals surface area contributed by atoms with Crippen LogP contribution in [-0.2, 0) is 7.05 Å². The van der Waals surface area contributed by atoms with E-state index in [-0.39, 0.29) is 5.78 Å². The summed E-state index contributed by atoms with van der Waals surface area (Å²) in [5.74, 6) is -0.0799. The van der Waals surface area contributed by atoms with Crippen LogP contribution in [0.4, 0.5) is 5.69 Å². The van der Waals surface area contributed by atoms with Crippen molar-refractivity contribution in [1.29, 1.82) is 0 Å². The number of aryl methyl sites for hydroxylation is 2. The van der Waals surface area contributed by atoms with Gasteiger partial charge in [0.2, 0.25) is 0 Å². The largest absolute Gasteiger partial charge is 0.398 e. The van der Waals surface area contributed by atoms with Crippen LogP contribution >= 0.6 is 0 Å². The van der Waals surface area contributed by atoms with Gasteiger partial charge in [-0.25, -0.2) is 0 Å². The number of benzene rings is 1. The Labute approximate surface area is 93.7 Å². The molecule has 1 aromatic heterocycles. The predicted octanol–water partition coefficient (Wildman–Crippen LogP) is 1.54. The predicted molar refractivity (Wildman–Crippen MR) is 62.2 cm³/mol. The Morgan fingerprint density at radius 3 is 2.56 bits per heavy atom. The summed E-state index contributed by atoms with van der Waals surface area (Å²) in [7, 11) is 1.79. The molecule has 4 nitrogen and oxygen atoms in total. The van der Waals surface area contributed by atoms with Crippen molar-refractivity contribution in [2.45, 2.75) is 6.92 Å². The number of carbonyl (C=O) groups is 1. The van der Waals surface area contributed by atoms with E-state index in [0.717, 1.165) is 5.69 Å². The van der Waals surface area contributed by atoms with Crippen molar-refractivity contribution < 1.29 is 4.79 Å². The van der Waals surface area contributed by atoms with E-state index in [1.807, 2.05) is 13.0 Å². The molecule has 2 N–H and O–H groups in total. The summed E-state index contributed by atoms with van der Waals surface area (Å²) in [6.45, 7) is 1.81. The average Bonchev–Trinajstić information content (AvgIpc) is 2.58. The van der Waals surface area contributed by atoms with Crippen LogP contribution in [0.3, 0.4) is 0 Å². The molecule has 0 spiro atoms. The van der Waals surface area contributed by atoms with Crippen LogP contribution in [0.15, 0.2) is 30.5 Å². The standard InChI is InChI=1S/C12H13N3O/c1-8-10(7-15(2)14-8)12(16)9-5-3-4-6-11(9)13/h3-7H,13H2,1-2H3. The van der Waals surface area contributed by atoms with Crippen LogP contribution < -0.4 is 5.73 Å². The lowest BCUT2D eigenvalue weighted by atomic mass is 10.0. The number of nitrogen functional groups attached to an aromatic ring is 1. The summed E-state index contributed by atoms with van der Waals surface area (Å²) >= 11 is 0. The van der Waals surface area contributed by atoms with Crippen molar-refractivity contribution in [3.63, 3.8) is 0 Å². The lowest BCUT2D eigenvalue weighted by Gasteiger charge is -2.02. The molecule has 0 bridgehead atoms. The molecule has 82 valence electrons. The molecule has 1 heterocycles. The molecule has 1 aromatic carbocycles. The van der Waals surface area contributed by atoms with Crippen molar-refractivity contribution in [1.82, 2.24) is 9.78 Å². The van der Waals surface area contributed by atoms with E-state index in [2.05, 4.69) is 5.10 Å². The van der Waals surface area contributed by atoms with Gasteiger partial charge in [0.1, 0.15) is 0 Å². The second-order valence-corrected chi connectivity index (χ2v) is 3.72. The molecule has 2 rings (SSSR count). The van der Waals surface area contributed by atoms with Gasteiger partial charge in [0, 0.05) is 24.5 Å². The molecule has 0 radical (unpaired) electrons. The Bertz CT molecular complexity index is 543. The summed E-state index contributed by atoms with van der Waals surface area (Å²) in [4.78, 5) is 12.2. The minimum absolute atomic E-state index is 0.0799. The van der Waals surface area contributed by atoms with Crippen LogP contribution in [0.2, 0.25) is 0 Å². The summed E-state index contributed by atoms with van der Waals surface area (Å²) in [6.07, 6.45) is 1.71. The average molecular weight is 215 g/mol. The molecule has 0 fully saturated rings.